The van der Waals surface area contributed by atoms with Gasteiger partial charge in [-0.25, -0.2) is 0 Å². The molecule has 0 aliphatic heterocycles. The molecule has 1 amide bonds. The number of amides is 1. The van der Waals surface area contributed by atoms with E-state index in [-0.39, 0.29) is 34.7 Å². The number of nitrogens with one attached hydrogen (secondary N) is 1. The van der Waals surface area contributed by atoms with Gasteiger partial charge in [-0.2, -0.15) is 0 Å². The number of rotatable bonds is 8. The lowest BCUT2D eigenvalue weighted by molar-refractivity contribution is -0.132. The van der Waals surface area contributed by atoms with Crippen molar-refractivity contribution >= 4 is 5.91 Å². The molecule has 0 spiro atoms. The highest BCUT2D eigenvalue weighted by atomic mass is 16.5. The summed E-state index contributed by atoms with van der Waals surface area (Å²) in [5.74, 6) is -0.0844. The second-order valence-electron chi connectivity index (χ2n) is 9.93. The molecule has 0 radical (unpaired) electrons. The molecule has 0 atom stereocenters. The Balaban J connectivity index is 4.25. The quantitative estimate of drug-likeness (QED) is 0.721. The van der Waals surface area contributed by atoms with E-state index in [1.54, 1.807) is 0 Å². The molecule has 0 bridgehead atoms. The van der Waals surface area contributed by atoms with E-state index >= 15 is 0 Å². The lowest BCUT2D eigenvalue weighted by Crippen LogP contribution is -2.47. The Labute approximate surface area is 143 Å². The highest BCUT2D eigenvalue weighted by Gasteiger charge is 2.28. The van der Waals surface area contributed by atoms with Crippen LogP contribution in [0.4, 0.5) is 0 Å². The average molecular weight is 330 g/mol. The molecule has 0 aromatic rings. The summed E-state index contributed by atoms with van der Waals surface area (Å²) in [4.78, 5) is 12.0. The van der Waals surface area contributed by atoms with Crippen molar-refractivity contribution in [2.24, 2.45) is 5.41 Å². The van der Waals surface area contributed by atoms with Gasteiger partial charge in [0.05, 0.1) is 11.2 Å². The molecule has 1 N–H and O–H groups in total. The van der Waals surface area contributed by atoms with Crippen LogP contribution in [0.25, 0.3) is 0 Å². The zero-order valence-corrected chi connectivity index (χ0v) is 17.1. The van der Waals surface area contributed by atoms with Crippen molar-refractivity contribution in [1.82, 2.24) is 5.32 Å². The van der Waals surface area contributed by atoms with Crippen molar-refractivity contribution in [3.63, 3.8) is 0 Å². The Kier molecular flexibility index (Phi) is 7.76. The van der Waals surface area contributed by atoms with Crippen molar-refractivity contribution in [2.45, 2.75) is 98.8 Å². The van der Waals surface area contributed by atoms with Gasteiger partial charge >= 0.3 is 0 Å². The Morgan fingerprint density at radius 2 is 1.39 bits per heavy atom. The minimum Gasteiger partial charge on any atom is -0.375 e. The van der Waals surface area contributed by atoms with Gasteiger partial charge in [-0.05, 0) is 66.7 Å². The smallest absolute Gasteiger partial charge is 0.246 e. The fourth-order valence-electron chi connectivity index (χ4n) is 2.67. The minimum absolute atomic E-state index is 0.0844. The Hall–Kier alpha value is -0.610. The second kappa shape index (κ2) is 7.98. The lowest BCUT2D eigenvalue weighted by Gasteiger charge is -2.34. The number of ether oxygens (including phenoxy) is 2. The van der Waals surface area contributed by atoms with E-state index in [1.807, 2.05) is 34.6 Å². The van der Waals surface area contributed by atoms with Crippen LogP contribution >= 0.6 is 0 Å². The normalized spacial score (nSPS) is 14.0. The van der Waals surface area contributed by atoms with Crippen molar-refractivity contribution in [2.75, 3.05) is 13.2 Å². The van der Waals surface area contributed by atoms with Gasteiger partial charge in [0.25, 0.3) is 0 Å². The van der Waals surface area contributed by atoms with Crippen LogP contribution in [0.1, 0.15) is 82.1 Å². The number of carbonyl (C=O) groups excluding carboxylic acids is 1. The van der Waals surface area contributed by atoms with Crippen LogP contribution in [0.5, 0.6) is 0 Å². The van der Waals surface area contributed by atoms with Crippen LogP contribution < -0.4 is 5.32 Å². The maximum absolute atomic E-state index is 12.0. The largest absolute Gasteiger partial charge is 0.375 e. The van der Waals surface area contributed by atoms with Gasteiger partial charge in [-0.1, -0.05) is 20.8 Å². The standard InChI is InChI=1S/C19H39NO3/c1-16(2,3)14-19(9,10)22-12-11-18(7,8)20-15(21)13-23-17(4,5)6/h11-14H2,1-10H3,(H,20,21). The summed E-state index contributed by atoms with van der Waals surface area (Å²) in [7, 11) is 0. The molecule has 0 saturated heterocycles. The maximum Gasteiger partial charge on any atom is 0.246 e. The zero-order chi connectivity index (χ0) is 18.5. The summed E-state index contributed by atoms with van der Waals surface area (Å²) >= 11 is 0. The first kappa shape index (κ1) is 22.4. The van der Waals surface area contributed by atoms with Crippen molar-refractivity contribution in [3.8, 4) is 0 Å². The summed E-state index contributed by atoms with van der Waals surface area (Å²) in [6.07, 6.45) is 1.76. The van der Waals surface area contributed by atoms with Crippen LogP contribution in [0.2, 0.25) is 0 Å². The third-order valence-electron chi connectivity index (χ3n) is 3.29. The monoisotopic (exact) mass is 329 g/mol. The third-order valence-corrected chi connectivity index (χ3v) is 3.29. The summed E-state index contributed by atoms with van der Waals surface area (Å²) in [6.45, 7) is 21.5. The van der Waals surface area contributed by atoms with Gasteiger partial charge in [0.1, 0.15) is 6.61 Å². The van der Waals surface area contributed by atoms with Gasteiger partial charge in [-0.15, -0.1) is 0 Å². The number of carbonyl (C=O) groups is 1. The van der Waals surface area contributed by atoms with Gasteiger partial charge in [0, 0.05) is 12.1 Å². The first-order valence-electron chi connectivity index (χ1n) is 8.60. The molecule has 4 nitrogen and oxygen atoms in total. The molecular formula is C19H39NO3. The van der Waals surface area contributed by atoms with Crippen LogP contribution in [-0.4, -0.2) is 35.9 Å². The molecule has 0 rings (SSSR count). The van der Waals surface area contributed by atoms with Gasteiger partial charge < -0.3 is 14.8 Å². The highest BCUT2D eigenvalue weighted by molar-refractivity contribution is 5.78. The highest BCUT2D eigenvalue weighted by Crippen LogP contribution is 2.29. The van der Waals surface area contributed by atoms with E-state index < -0.39 is 0 Å². The molecule has 0 aromatic carbocycles. The van der Waals surface area contributed by atoms with Crippen LogP contribution in [0, 0.1) is 5.41 Å². The number of hydrogen-bond donors (Lipinski definition) is 1. The Morgan fingerprint density at radius 3 is 1.83 bits per heavy atom. The molecule has 0 aliphatic rings. The first-order chi connectivity index (χ1) is 10.0. The predicted molar refractivity (Wildman–Crippen MR) is 96.6 cm³/mol. The third kappa shape index (κ3) is 13.5. The Morgan fingerprint density at radius 1 is 0.870 bits per heavy atom. The number of hydrogen-bond acceptors (Lipinski definition) is 3. The summed E-state index contributed by atoms with van der Waals surface area (Å²) < 4.78 is 11.6. The first-order valence-corrected chi connectivity index (χ1v) is 8.60. The van der Waals surface area contributed by atoms with E-state index in [4.69, 9.17) is 9.47 Å². The zero-order valence-electron chi connectivity index (χ0n) is 17.1. The molecule has 0 fully saturated rings. The molecule has 0 aliphatic carbocycles. The van der Waals surface area contributed by atoms with E-state index in [9.17, 15) is 4.79 Å². The molecule has 23 heavy (non-hydrogen) atoms. The Bertz CT molecular complexity index is 373. The fourth-order valence-corrected chi connectivity index (χ4v) is 2.67. The lowest BCUT2D eigenvalue weighted by atomic mass is 9.83. The van der Waals surface area contributed by atoms with Crippen LogP contribution in [0.3, 0.4) is 0 Å². The van der Waals surface area contributed by atoms with Crippen molar-refractivity contribution in [3.05, 3.63) is 0 Å². The van der Waals surface area contributed by atoms with Crippen molar-refractivity contribution < 1.29 is 14.3 Å². The molecule has 138 valence electrons. The SMILES string of the molecule is CC(C)(C)CC(C)(C)OCCC(C)(C)NC(=O)COC(C)(C)C. The fraction of sp³-hybridized carbons (Fsp3) is 0.947. The molecule has 4 heteroatoms. The molecule has 0 unspecified atom stereocenters. The second-order valence-corrected chi connectivity index (χ2v) is 9.93. The molecule has 0 aromatic heterocycles. The van der Waals surface area contributed by atoms with Crippen LogP contribution in [0.15, 0.2) is 0 Å². The minimum atomic E-state index is -0.309. The maximum atomic E-state index is 12.0. The topological polar surface area (TPSA) is 47.6 Å². The van der Waals surface area contributed by atoms with E-state index in [2.05, 4.69) is 39.9 Å². The summed E-state index contributed by atoms with van der Waals surface area (Å²) in [6, 6.07) is 0. The summed E-state index contributed by atoms with van der Waals surface area (Å²) in [5, 5.41) is 3.02. The van der Waals surface area contributed by atoms with E-state index in [0.717, 1.165) is 12.8 Å². The van der Waals surface area contributed by atoms with Crippen LogP contribution in [-0.2, 0) is 14.3 Å². The molecule has 0 heterocycles. The average Bonchev–Trinajstić information content (AvgIpc) is 2.20. The predicted octanol–water partition coefficient (Wildman–Crippen LogP) is 4.32. The van der Waals surface area contributed by atoms with Gasteiger partial charge in [0.15, 0.2) is 0 Å². The van der Waals surface area contributed by atoms with Gasteiger partial charge in [0.2, 0.25) is 5.91 Å². The van der Waals surface area contributed by atoms with E-state index in [0.29, 0.717) is 6.61 Å². The van der Waals surface area contributed by atoms with Crippen molar-refractivity contribution in [1.29, 1.82) is 0 Å². The summed E-state index contributed by atoms with van der Waals surface area (Å²) in [5.41, 5.74) is -0.539. The molecule has 0 saturated carbocycles. The van der Waals surface area contributed by atoms with Gasteiger partial charge in [-0.3, -0.25) is 4.79 Å². The molecular weight excluding hydrogens is 290 g/mol. The van der Waals surface area contributed by atoms with E-state index in [1.165, 1.54) is 0 Å².